The molecule has 1 aromatic heterocycles. The smallest absolute Gasteiger partial charge is 0.0479 e. The summed E-state index contributed by atoms with van der Waals surface area (Å²) in [6.07, 6.45) is 15.4. The SMILES string of the molecule is C/C=C\C=C(/CC)c1ccc(CC)cc1.CC.CC.Cc1cc(C(C)(C)C)cn1Cc1ccccc1C1=CC=C(C(C)C)CN1. The van der Waals surface area contributed by atoms with Crippen LogP contribution in [0.25, 0.3) is 11.3 Å². The number of benzene rings is 2. The summed E-state index contributed by atoms with van der Waals surface area (Å²) in [4.78, 5) is 0. The molecule has 0 spiro atoms. The van der Waals surface area contributed by atoms with Gasteiger partial charge in [-0.15, -0.1) is 0 Å². The molecule has 2 aromatic carbocycles. The molecule has 0 bridgehead atoms. The van der Waals surface area contributed by atoms with Gasteiger partial charge in [-0.1, -0.05) is 149 Å². The number of aryl methyl sites for hydroxylation is 2. The molecule has 2 heterocycles. The molecule has 0 saturated carbocycles. The maximum atomic E-state index is 3.62. The standard InChI is InChI=1S/C24H32N2.C15H20.2C2H6/c1-17(2)19-11-12-23(25-14-19)22-10-8-7-9-20(22)15-26-16-21(13-18(26)3)24(4,5)6;1-4-7-8-14(6-3)15-11-9-13(5-2)10-12-15;2*1-2/h7-13,16-17,25H,14-15H2,1-6H3;4,7-12H,5-6H2,1-3H3;2*1-2H3/b;7-4-,14-8+;;. The molecule has 1 aliphatic rings. The topological polar surface area (TPSA) is 17.0 Å². The van der Waals surface area contributed by atoms with Gasteiger partial charge in [0.15, 0.2) is 0 Å². The van der Waals surface area contributed by atoms with E-state index >= 15 is 0 Å². The van der Waals surface area contributed by atoms with Crippen LogP contribution in [0, 0.1) is 12.8 Å². The van der Waals surface area contributed by atoms with Gasteiger partial charge in [-0.25, -0.2) is 0 Å². The number of nitrogens with one attached hydrogen (secondary N) is 1. The Labute approximate surface area is 278 Å². The summed E-state index contributed by atoms with van der Waals surface area (Å²) in [6.45, 7) is 29.8. The zero-order chi connectivity index (χ0) is 34.0. The fourth-order valence-corrected chi connectivity index (χ4v) is 4.97. The van der Waals surface area contributed by atoms with E-state index in [4.69, 9.17) is 0 Å². The highest BCUT2D eigenvalue weighted by Gasteiger charge is 2.18. The molecule has 0 saturated heterocycles. The van der Waals surface area contributed by atoms with E-state index in [1.807, 2.05) is 34.6 Å². The van der Waals surface area contributed by atoms with Crippen LogP contribution in [-0.2, 0) is 18.4 Å². The van der Waals surface area contributed by atoms with Gasteiger partial charge in [-0.2, -0.15) is 0 Å². The van der Waals surface area contributed by atoms with Crippen LogP contribution in [0.4, 0.5) is 0 Å². The van der Waals surface area contributed by atoms with E-state index in [0.29, 0.717) is 5.92 Å². The molecular weight excluding hydrogens is 544 g/mol. The molecule has 0 fully saturated rings. The Morgan fingerprint density at radius 1 is 0.933 bits per heavy atom. The second-order valence-corrected chi connectivity index (χ2v) is 12.4. The van der Waals surface area contributed by atoms with Gasteiger partial charge in [0.25, 0.3) is 0 Å². The molecule has 2 nitrogen and oxygen atoms in total. The predicted molar refractivity (Wildman–Crippen MR) is 204 cm³/mol. The number of allylic oxidation sites excluding steroid dienone is 6. The second kappa shape index (κ2) is 20.5. The number of nitrogens with zero attached hydrogens (tertiary/aromatic N) is 1. The largest absolute Gasteiger partial charge is 0.381 e. The number of aromatic nitrogens is 1. The first-order valence-corrected chi connectivity index (χ1v) is 17.4. The summed E-state index contributed by atoms with van der Waals surface area (Å²) in [5, 5.41) is 3.62. The highest BCUT2D eigenvalue weighted by Crippen LogP contribution is 2.27. The lowest BCUT2D eigenvalue weighted by Gasteiger charge is -2.22. The maximum Gasteiger partial charge on any atom is 0.0479 e. The van der Waals surface area contributed by atoms with Gasteiger partial charge in [0, 0.05) is 36.2 Å². The molecule has 1 aliphatic heterocycles. The molecule has 1 N–H and O–H groups in total. The first-order valence-electron chi connectivity index (χ1n) is 17.4. The highest BCUT2D eigenvalue weighted by atomic mass is 15.0. The van der Waals surface area contributed by atoms with Gasteiger partial charge in [0.1, 0.15) is 0 Å². The third kappa shape index (κ3) is 12.4. The number of rotatable bonds is 8. The molecule has 2 heteroatoms. The van der Waals surface area contributed by atoms with Crippen molar-refractivity contribution in [2.75, 3.05) is 6.54 Å². The van der Waals surface area contributed by atoms with Crippen molar-refractivity contribution in [3.63, 3.8) is 0 Å². The van der Waals surface area contributed by atoms with Crippen LogP contribution in [0.2, 0.25) is 0 Å². The Morgan fingerprint density at radius 2 is 1.58 bits per heavy atom. The first-order chi connectivity index (χ1) is 21.6. The van der Waals surface area contributed by atoms with Gasteiger partial charge >= 0.3 is 0 Å². The lowest BCUT2D eigenvalue weighted by molar-refractivity contribution is 0.588. The minimum atomic E-state index is 0.182. The van der Waals surface area contributed by atoms with Crippen LogP contribution in [0.5, 0.6) is 0 Å². The van der Waals surface area contributed by atoms with Crippen molar-refractivity contribution in [1.29, 1.82) is 0 Å². The quantitative estimate of drug-likeness (QED) is 0.252. The second-order valence-electron chi connectivity index (χ2n) is 12.4. The fourth-order valence-electron chi connectivity index (χ4n) is 4.97. The summed E-state index contributed by atoms with van der Waals surface area (Å²) in [7, 11) is 0. The first kappa shape index (κ1) is 39.5. The van der Waals surface area contributed by atoms with Crippen molar-refractivity contribution in [3.8, 4) is 0 Å². The maximum absolute atomic E-state index is 3.62. The average Bonchev–Trinajstić information content (AvgIpc) is 3.44. The van der Waals surface area contributed by atoms with Gasteiger partial charge in [0.2, 0.25) is 0 Å². The number of hydrogen-bond acceptors (Lipinski definition) is 1. The van der Waals surface area contributed by atoms with Gasteiger partial charge in [-0.3, -0.25) is 0 Å². The third-order valence-electron chi connectivity index (χ3n) is 7.92. The average molecular weight is 609 g/mol. The minimum absolute atomic E-state index is 0.182. The van der Waals surface area contributed by atoms with Gasteiger partial charge < -0.3 is 9.88 Å². The van der Waals surface area contributed by atoms with Crippen molar-refractivity contribution in [1.82, 2.24) is 9.88 Å². The molecule has 0 unspecified atom stereocenters. The fraction of sp³-hybridized carbons (Fsp3) is 0.442. The Morgan fingerprint density at radius 3 is 2.07 bits per heavy atom. The van der Waals surface area contributed by atoms with Crippen molar-refractivity contribution in [3.05, 3.63) is 130 Å². The Hall–Kier alpha value is -3.52. The lowest BCUT2D eigenvalue weighted by Crippen LogP contribution is -2.22. The molecule has 45 heavy (non-hydrogen) atoms. The summed E-state index contributed by atoms with van der Waals surface area (Å²) < 4.78 is 2.37. The monoisotopic (exact) mass is 609 g/mol. The zero-order valence-electron chi connectivity index (χ0n) is 31.0. The zero-order valence-corrected chi connectivity index (χ0v) is 31.0. The van der Waals surface area contributed by atoms with Crippen molar-refractivity contribution in [2.24, 2.45) is 5.92 Å². The molecule has 0 aliphatic carbocycles. The summed E-state index contributed by atoms with van der Waals surface area (Å²) in [5.74, 6) is 0.592. The predicted octanol–water partition coefficient (Wildman–Crippen LogP) is 12.3. The molecule has 0 amide bonds. The van der Waals surface area contributed by atoms with Crippen LogP contribution in [0.1, 0.15) is 123 Å². The summed E-state index contributed by atoms with van der Waals surface area (Å²) in [5.41, 5.74) is 12.4. The van der Waals surface area contributed by atoms with E-state index in [2.05, 4.69) is 156 Å². The van der Waals surface area contributed by atoms with Crippen LogP contribution in [0.3, 0.4) is 0 Å². The van der Waals surface area contributed by atoms with E-state index < -0.39 is 0 Å². The van der Waals surface area contributed by atoms with E-state index in [1.165, 1.54) is 50.4 Å². The van der Waals surface area contributed by atoms with Crippen LogP contribution >= 0.6 is 0 Å². The highest BCUT2D eigenvalue weighted by molar-refractivity contribution is 5.70. The van der Waals surface area contributed by atoms with E-state index in [0.717, 1.165) is 25.9 Å². The molecule has 3 aromatic rings. The van der Waals surface area contributed by atoms with Gasteiger partial charge in [0.05, 0.1) is 0 Å². The van der Waals surface area contributed by atoms with Gasteiger partial charge in [-0.05, 0) is 83.6 Å². The molecular formula is C43H64N2. The van der Waals surface area contributed by atoms with Crippen LogP contribution in [0.15, 0.2) is 96.7 Å². The van der Waals surface area contributed by atoms with Crippen LogP contribution < -0.4 is 5.32 Å². The van der Waals surface area contributed by atoms with Crippen LogP contribution in [-0.4, -0.2) is 11.1 Å². The summed E-state index contributed by atoms with van der Waals surface area (Å²) in [6, 6.07) is 19.9. The number of dihydropyridines is 1. The molecule has 246 valence electrons. The Bertz CT molecular complexity index is 1380. The molecule has 0 radical (unpaired) electrons. The molecule has 0 atom stereocenters. The third-order valence-corrected chi connectivity index (χ3v) is 7.92. The Kier molecular flexibility index (Phi) is 18.0. The summed E-state index contributed by atoms with van der Waals surface area (Å²) >= 11 is 0. The number of hydrogen-bond donors (Lipinski definition) is 1. The minimum Gasteiger partial charge on any atom is -0.381 e. The van der Waals surface area contributed by atoms with Crippen molar-refractivity contribution < 1.29 is 0 Å². The van der Waals surface area contributed by atoms with E-state index in [-0.39, 0.29) is 5.41 Å². The lowest BCUT2D eigenvalue weighted by atomic mass is 9.89. The van der Waals surface area contributed by atoms with E-state index in [1.54, 1.807) is 0 Å². The normalized spacial score (nSPS) is 13.0. The molecule has 4 rings (SSSR count). The van der Waals surface area contributed by atoms with E-state index in [9.17, 15) is 0 Å². The Balaban J connectivity index is 0.000000455. The van der Waals surface area contributed by atoms with Crippen molar-refractivity contribution in [2.45, 2.75) is 115 Å². The van der Waals surface area contributed by atoms with Crippen molar-refractivity contribution >= 4 is 11.3 Å².